The highest BCUT2D eigenvalue weighted by molar-refractivity contribution is 5.78. The van der Waals surface area contributed by atoms with Crippen LogP contribution >= 0.6 is 0 Å². The number of hydrogen-bond acceptors (Lipinski definition) is 1. The summed E-state index contributed by atoms with van der Waals surface area (Å²) in [5, 5.41) is 2.70. The third-order valence-corrected chi connectivity index (χ3v) is 0.984. The van der Waals surface area contributed by atoms with Gasteiger partial charge in [0.25, 0.3) is 0 Å². The van der Waals surface area contributed by atoms with Crippen molar-refractivity contribution in [1.29, 1.82) is 0 Å². The Labute approximate surface area is 79.1 Å². The summed E-state index contributed by atoms with van der Waals surface area (Å²) in [6.07, 6.45) is 5.03. The first-order valence-electron chi connectivity index (χ1n) is 3.89. The highest BCUT2D eigenvalue weighted by Crippen LogP contribution is 1.80. The van der Waals surface area contributed by atoms with Gasteiger partial charge in [-0.05, 0) is 37.5 Å². The lowest BCUT2D eigenvalue weighted by molar-refractivity contribution is -0.120. The molecule has 0 saturated carbocycles. The van der Waals surface area contributed by atoms with Crippen molar-refractivity contribution in [1.82, 2.24) is 5.32 Å². The van der Waals surface area contributed by atoms with Crippen molar-refractivity contribution in [3.8, 4) is 36.0 Å². The monoisotopic (exact) mass is 173 g/mol. The van der Waals surface area contributed by atoms with E-state index in [9.17, 15) is 4.79 Å². The highest BCUT2D eigenvalue weighted by atomic mass is 16.1. The summed E-state index contributed by atoms with van der Waals surface area (Å²) in [7, 11) is 0. The minimum absolute atomic E-state index is 0.0926. The van der Waals surface area contributed by atoms with Crippen LogP contribution in [0.4, 0.5) is 0 Å². The van der Waals surface area contributed by atoms with E-state index in [1.165, 1.54) is 0 Å². The van der Waals surface area contributed by atoms with Crippen LogP contribution in [-0.4, -0.2) is 11.9 Å². The van der Waals surface area contributed by atoms with Crippen molar-refractivity contribution in [2.75, 3.05) is 0 Å². The van der Waals surface area contributed by atoms with Crippen LogP contribution in [-0.2, 0) is 4.79 Å². The predicted octanol–water partition coefficient (Wildman–Crippen LogP) is 0.541. The highest BCUT2D eigenvalue weighted by Gasteiger charge is 1.98. The average molecular weight is 173 g/mol. The Morgan fingerprint density at radius 3 is 2.62 bits per heavy atom. The number of carbonyl (C=O) groups excluding carboxylic acids is 1. The zero-order chi connectivity index (χ0) is 10.1. The Hall–Kier alpha value is -1.85. The van der Waals surface area contributed by atoms with Crippen molar-refractivity contribution in [3.05, 3.63) is 0 Å². The number of hydrogen-bond donors (Lipinski definition) is 1. The van der Waals surface area contributed by atoms with Gasteiger partial charge in [-0.1, -0.05) is 5.92 Å². The van der Waals surface area contributed by atoms with E-state index in [-0.39, 0.29) is 18.4 Å². The van der Waals surface area contributed by atoms with Crippen molar-refractivity contribution < 1.29 is 4.79 Å². The molecule has 2 nitrogen and oxygen atoms in total. The lowest BCUT2D eigenvalue weighted by Gasteiger charge is -2.04. The number of amides is 1. The maximum atomic E-state index is 11.0. The second kappa shape index (κ2) is 6.84. The van der Waals surface area contributed by atoms with Gasteiger partial charge in [-0.2, -0.15) is 0 Å². The molecule has 0 unspecified atom stereocenters. The summed E-state index contributed by atoms with van der Waals surface area (Å²) < 4.78 is 0. The molecular weight excluding hydrogens is 162 g/mol. The molecule has 0 rings (SSSR count). The molecule has 0 fully saturated rings. The Balaban J connectivity index is 3.81. The summed E-state index contributed by atoms with van der Waals surface area (Å²) >= 11 is 0. The van der Waals surface area contributed by atoms with Crippen molar-refractivity contribution >= 4 is 5.91 Å². The average Bonchev–Trinajstić information content (AvgIpc) is 2.02. The molecule has 0 radical (unpaired) electrons. The predicted molar refractivity (Wildman–Crippen MR) is 52.3 cm³/mol. The maximum Gasteiger partial charge on any atom is 0.232 e. The Kier molecular flexibility index (Phi) is 5.86. The summed E-state index contributed by atoms with van der Waals surface area (Å²) in [5.41, 5.74) is 0. The lowest BCUT2D eigenvalue weighted by atomic mass is 10.3. The van der Waals surface area contributed by atoms with Gasteiger partial charge >= 0.3 is 0 Å². The molecule has 0 aliphatic carbocycles. The molecule has 2 heteroatoms. The van der Waals surface area contributed by atoms with Gasteiger partial charge < -0.3 is 5.32 Å². The molecule has 0 aromatic rings. The van der Waals surface area contributed by atoms with E-state index >= 15 is 0 Å². The molecular formula is C11H11NO. The van der Waals surface area contributed by atoms with Gasteiger partial charge in [-0.3, -0.25) is 4.79 Å². The molecule has 0 spiro atoms. The second-order valence-corrected chi connectivity index (χ2v) is 2.60. The van der Waals surface area contributed by atoms with Crippen LogP contribution < -0.4 is 5.32 Å². The first-order valence-corrected chi connectivity index (χ1v) is 3.89. The van der Waals surface area contributed by atoms with Crippen molar-refractivity contribution in [2.45, 2.75) is 26.3 Å². The van der Waals surface area contributed by atoms with Gasteiger partial charge in [0.2, 0.25) is 5.91 Å². The molecule has 0 heterocycles. The van der Waals surface area contributed by atoms with E-state index in [2.05, 4.69) is 34.9 Å². The van der Waals surface area contributed by atoms with Crippen LogP contribution in [0.25, 0.3) is 0 Å². The Morgan fingerprint density at radius 2 is 2.08 bits per heavy atom. The lowest BCUT2D eigenvalue weighted by Crippen LogP contribution is -2.29. The van der Waals surface area contributed by atoms with Crippen LogP contribution in [0.5, 0.6) is 0 Å². The Morgan fingerprint density at radius 1 is 1.38 bits per heavy atom. The van der Waals surface area contributed by atoms with Crippen LogP contribution in [0, 0.1) is 36.0 Å². The van der Waals surface area contributed by atoms with Gasteiger partial charge in [0.15, 0.2) is 0 Å². The normalized spacial score (nSPS) is 7.23. The summed E-state index contributed by atoms with van der Waals surface area (Å²) in [6.45, 7) is 3.78. The number of carbonyl (C=O) groups is 1. The Bertz CT molecular complexity index is 325. The molecule has 0 bridgehead atoms. The maximum absolute atomic E-state index is 11.0. The molecule has 0 aliphatic rings. The van der Waals surface area contributed by atoms with Crippen LogP contribution in [0.1, 0.15) is 20.3 Å². The smallest absolute Gasteiger partial charge is 0.232 e. The van der Waals surface area contributed by atoms with E-state index in [0.29, 0.717) is 0 Å². The van der Waals surface area contributed by atoms with Crippen molar-refractivity contribution in [2.24, 2.45) is 0 Å². The van der Waals surface area contributed by atoms with Gasteiger partial charge in [0.1, 0.15) is 0 Å². The zero-order valence-electron chi connectivity index (χ0n) is 7.77. The van der Waals surface area contributed by atoms with Gasteiger partial charge in [-0.25, -0.2) is 0 Å². The molecule has 0 aromatic carbocycles. The SMILES string of the molecule is C#CC#CC#CCC(=O)NC(C)C. The van der Waals surface area contributed by atoms with Crippen LogP contribution in [0.15, 0.2) is 0 Å². The molecule has 0 aromatic heterocycles. The van der Waals surface area contributed by atoms with Crippen LogP contribution in [0.2, 0.25) is 0 Å². The fourth-order valence-electron chi connectivity index (χ4n) is 0.609. The number of nitrogens with one attached hydrogen (secondary N) is 1. The quantitative estimate of drug-likeness (QED) is 0.607. The molecule has 0 saturated heterocycles. The van der Waals surface area contributed by atoms with E-state index < -0.39 is 0 Å². The minimum atomic E-state index is -0.0926. The topological polar surface area (TPSA) is 29.1 Å². The molecule has 0 atom stereocenters. The van der Waals surface area contributed by atoms with E-state index in [0.717, 1.165) is 0 Å². The number of rotatable bonds is 2. The van der Waals surface area contributed by atoms with E-state index in [1.54, 1.807) is 0 Å². The van der Waals surface area contributed by atoms with E-state index in [1.807, 2.05) is 13.8 Å². The molecule has 1 amide bonds. The third-order valence-electron chi connectivity index (χ3n) is 0.984. The fourth-order valence-corrected chi connectivity index (χ4v) is 0.609. The molecule has 66 valence electrons. The standard InChI is InChI=1S/C11H11NO/c1-4-5-6-7-8-9-11(13)12-10(2)3/h1,10H,9H2,2-3H3,(H,12,13). The first kappa shape index (κ1) is 11.2. The van der Waals surface area contributed by atoms with E-state index in [4.69, 9.17) is 6.42 Å². The molecule has 1 N–H and O–H groups in total. The largest absolute Gasteiger partial charge is 0.353 e. The van der Waals surface area contributed by atoms with Gasteiger partial charge in [-0.15, -0.1) is 6.42 Å². The first-order chi connectivity index (χ1) is 6.16. The fraction of sp³-hybridized carbons (Fsp3) is 0.364. The minimum Gasteiger partial charge on any atom is -0.353 e. The zero-order valence-corrected chi connectivity index (χ0v) is 7.77. The second-order valence-electron chi connectivity index (χ2n) is 2.60. The molecule has 13 heavy (non-hydrogen) atoms. The van der Waals surface area contributed by atoms with Crippen LogP contribution in [0.3, 0.4) is 0 Å². The summed E-state index contributed by atoms with van der Waals surface area (Å²) in [5.74, 6) is 11.9. The third kappa shape index (κ3) is 8.05. The molecule has 0 aliphatic heterocycles. The summed E-state index contributed by atoms with van der Waals surface area (Å²) in [6, 6.07) is 0.145. The summed E-state index contributed by atoms with van der Waals surface area (Å²) in [4.78, 5) is 11.0. The number of terminal acetylenes is 1. The van der Waals surface area contributed by atoms with Gasteiger partial charge in [0.05, 0.1) is 6.42 Å². The van der Waals surface area contributed by atoms with Gasteiger partial charge in [0, 0.05) is 6.04 Å². The van der Waals surface area contributed by atoms with Crippen molar-refractivity contribution in [3.63, 3.8) is 0 Å².